The first-order chi connectivity index (χ1) is 7.70. The molecule has 0 amide bonds. The Labute approximate surface area is 101 Å². The SMILES string of the molecule is CC12CCC(C1)C(C)(C)[C@@H]2C(C(=O)O)C(=O)O. The molecule has 96 valence electrons. The number of hydrogen-bond donors (Lipinski definition) is 2. The molecule has 3 atom stereocenters. The van der Waals surface area contributed by atoms with Crippen LogP contribution in [0.2, 0.25) is 0 Å². The van der Waals surface area contributed by atoms with Crippen LogP contribution in [0, 0.1) is 28.6 Å². The van der Waals surface area contributed by atoms with Gasteiger partial charge >= 0.3 is 11.9 Å². The van der Waals surface area contributed by atoms with Gasteiger partial charge in [0.25, 0.3) is 0 Å². The molecule has 0 aliphatic heterocycles. The molecule has 2 fully saturated rings. The Kier molecular flexibility index (Phi) is 2.53. The van der Waals surface area contributed by atoms with Crippen LogP contribution in [0.25, 0.3) is 0 Å². The third-order valence-corrected chi connectivity index (χ3v) is 5.25. The quantitative estimate of drug-likeness (QED) is 0.742. The van der Waals surface area contributed by atoms with Crippen molar-refractivity contribution in [3.63, 3.8) is 0 Å². The molecule has 0 heterocycles. The zero-order valence-corrected chi connectivity index (χ0v) is 10.6. The lowest BCUT2D eigenvalue weighted by molar-refractivity contribution is -0.163. The summed E-state index contributed by atoms with van der Waals surface area (Å²) in [7, 11) is 0. The normalized spacial score (nSPS) is 38.6. The molecule has 2 unspecified atom stereocenters. The van der Waals surface area contributed by atoms with Crippen LogP contribution in [0.1, 0.15) is 40.0 Å². The number of carboxylic acid groups (broad SMARTS) is 2. The topological polar surface area (TPSA) is 74.6 Å². The predicted octanol–water partition coefficient (Wildman–Crippen LogP) is 2.23. The molecule has 2 saturated carbocycles. The van der Waals surface area contributed by atoms with E-state index in [2.05, 4.69) is 6.92 Å². The molecule has 2 bridgehead atoms. The van der Waals surface area contributed by atoms with Crippen molar-refractivity contribution in [3.8, 4) is 0 Å². The van der Waals surface area contributed by atoms with Crippen LogP contribution in [-0.2, 0) is 9.59 Å². The summed E-state index contributed by atoms with van der Waals surface area (Å²) in [6.07, 6.45) is 3.04. The summed E-state index contributed by atoms with van der Waals surface area (Å²) in [5, 5.41) is 18.4. The van der Waals surface area contributed by atoms with Crippen molar-refractivity contribution in [2.24, 2.45) is 28.6 Å². The van der Waals surface area contributed by atoms with Crippen molar-refractivity contribution >= 4 is 11.9 Å². The summed E-state index contributed by atoms with van der Waals surface area (Å²) >= 11 is 0. The highest BCUT2D eigenvalue weighted by Gasteiger charge is 2.64. The summed E-state index contributed by atoms with van der Waals surface area (Å²) in [4.78, 5) is 22.5. The lowest BCUT2D eigenvalue weighted by Gasteiger charge is -2.44. The van der Waals surface area contributed by atoms with Crippen molar-refractivity contribution in [2.75, 3.05) is 0 Å². The first kappa shape index (κ1) is 12.4. The highest BCUT2D eigenvalue weighted by atomic mass is 16.4. The Bertz CT molecular complexity index is 355. The van der Waals surface area contributed by atoms with Crippen molar-refractivity contribution < 1.29 is 19.8 Å². The van der Waals surface area contributed by atoms with Crippen LogP contribution in [0.5, 0.6) is 0 Å². The molecule has 2 N–H and O–H groups in total. The van der Waals surface area contributed by atoms with E-state index < -0.39 is 17.9 Å². The minimum Gasteiger partial charge on any atom is -0.481 e. The molecule has 17 heavy (non-hydrogen) atoms. The average molecular weight is 240 g/mol. The van der Waals surface area contributed by atoms with Gasteiger partial charge in [-0.25, -0.2) is 0 Å². The van der Waals surface area contributed by atoms with Gasteiger partial charge in [0.05, 0.1) is 0 Å². The molecule has 0 saturated heterocycles. The first-order valence-corrected chi connectivity index (χ1v) is 6.16. The predicted molar refractivity (Wildman–Crippen MR) is 61.5 cm³/mol. The fourth-order valence-electron chi connectivity index (χ4n) is 4.56. The van der Waals surface area contributed by atoms with Gasteiger partial charge < -0.3 is 10.2 Å². The van der Waals surface area contributed by atoms with Crippen LogP contribution < -0.4 is 0 Å². The lowest BCUT2D eigenvalue weighted by atomic mass is 9.59. The van der Waals surface area contributed by atoms with E-state index in [1.54, 1.807) is 0 Å². The summed E-state index contributed by atoms with van der Waals surface area (Å²) in [6.45, 7) is 6.13. The Morgan fingerprint density at radius 1 is 1.18 bits per heavy atom. The molecule has 4 heteroatoms. The maximum absolute atomic E-state index is 11.3. The molecule has 0 radical (unpaired) electrons. The van der Waals surface area contributed by atoms with E-state index in [9.17, 15) is 19.8 Å². The van der Waals surface area contributed by atoms with Gasteiger partial charge in [-0.3, -0.25) is 9.59 Å². The summed E-state index contributed by atoms with van der Waals surface area (Å²) in [6, 6.07) is 0. The van der Waals surface area contributed by atoms with Gasteiger partial charge in [0.1, 0.15) is 0 Å². The Morgan fingerprint density at radius 2 is 1.71 bits per heavy atom. The van der Waals surface area contributed by atoms with Gasteiger partial charge in [-0.1, -0.05) is 20.8 Å². The fourth-order valence-corrected chi connectivity index (χ4v) is 4.56. The largest absolute Gasteiger partial charge is 0.481 e. The van der Waals surface area contributed by atoms with Gasteiger partial charge in [0.15, 0.2) is 5.92 Å². The van der Waals surface area contributed by atoms with Crippen molar-refractivity contribution in [2.45, 2.75) is 40.0 Å². The van der Waals surface area contributed by atoms with Crippen LogP contribution >= 0.6 is 0 Å². The van der Waals surface area contributed by atoms with Gasteiger partial charge in [0.2, 0.25) is 0 Å². The molecule has 0 aromatic carbocycles. The number of rotatable bonds is 3. The molecule has 2 aliphatic carbocycles. The second-order valence-corrected chi connectivity index (χ2v) is 6.55. The second-order valence-electron chi connectivity index (χ2n) is 6.55. The molecule has 2 rings (SSSR count). The molecule has 0 spiro atoms. The fraction of sp³-hybridized carbons (Fsp3) is 0.846. The van der Waals surface area contributed by atoms with Crippen molar-refractivity contribution in [3.05, 3.63) is 0 Å². The first-order valence-electron chi connectivity index (χ1n) is 6.16. The van der Waals surface area contributed by atoms with Crippen LogP contribution in [0.15, 0.2) is 0 Å². The zero-order chi connectivity index (χ0) is 13.0. The van der Waals surface area contributed by atoms with E-state index in [-0.39, 0.29) is 16.7 Å². The van der Waals surface area contributed by atoms with Crippen LogP contribution in [-0.4, -0.2) is 22.2 Å². The lowest BCUT2D eigenvalue weighted by Crippen LogP contribution is -2.46. The Hall–Kier alpha value is -1.06. The number of carbonyl (C=O) groups is 2. The maximum Gasteiger partial charge on any atom is 0.318 e. The Balaban J connectivity index is 2.42. The van der Waals surface area contributed by atoms with E-state index in [4.69, 9.17) is 0 Å². The van der Waals surface area contributed by atoms with E-state index in [1.165, 1.54) is 0 Å². The van der Waals surface area contributed by atoms with Gasteiger partial charge in [0, 0.05) is 0 Å². The molecule has 2 aliphatic rings. The molecule has 0 aromatic rings. The van der Waals surface area contributed by atoms with Crippen LogP contribution in [0.3, 0.4) is 0 Å². The number of aliphatic carboxylic acids is 2. The standard InChI is InChI=1S/C13H20O4/c1-12(2)7-4-5-13(3,6-7)9(12)8(10(14)15)11(16)17/h7-9H,4-6H2,1-3H3,(H,14,15)(H,16,17)/t7?,9-,13?/m0/s1. The third-order valence-electron chi connectivity index (χ3n) is 5.25. The second kappa shape index (κ2) is 3.47. The minimum absolute atomic E-state index is 0.115. The average Bonchev–Trinajstić information content (AvgIpc) is 2.62. The third kappa shape index (κ3) is 1.57. The van der Waals surface area contributed by atoms with E-state index >= 15 is 0 Å². The highest BCUT2D eigenvalue weighted by molar-refractivity contribution is 5.93. The minimum atomic E-state index is -1.26. The zero-order valence-electron chi connectivity index (χ0n) is 10.6. The van der Waals surface area contributed by atoms with E-state index in [1.807, 2.05) is 13.8 Å². The van der Waals surface area contributed by atoms with Crippen molar-refractivity contribution in [1.29, 1.82) is 0 Å². The smallest absolute Gasteiger partial charge is 0.318 e. The van der Waals surface area contributed by atoms with Gasteiger partial charge in [-0.05, 0) is 41.9 Å². The van der Waals surface area contributed by atoms with E-state index in [0.29, 0.717) is 5.92 Å². The van der Waals surface area contributed by atoms with Gasteiger partial charge in [-0.2, -0.15) is 0 Å². The van der Waals surface area contributed by atoms with Crippen molar-refractivity contribution in [1.82, 2.24) is 0 Å². The monoisotopic (exact) mass is 240 g/mol. The molecule has 0 aromatic heterocycles. The summed E-state index contributed by atoms with van der Waals surface area (Å²) in [5.74, 6) is -3.43. The number of fused-ring (bicyclic) bond motifs is 2. The summed E-state index contributed by atoms with van der Waals surface area (Å²) < 4.78 is 0. The Morgan fingerprint density at radius 3 is 2.06 bits per heavy atom. The van der Waals surface area contributed by atoms with Gasteiger partial charge in [-0.15, -0.1) is 0 Å². The molecular weight excluding hydrogens is 220 g/mol. The highest BCUT2D eigenvalue weighted by Crippen LogP contribution is 2.67. The van der Waals surface area contributed by atoms with Crippen LogP contribution in [0.4, 0.5) is 0 Å². The molecular formula is C13H20O4. The van der Waals surface area contributed by atoms with E-state index in [0.717, 1.165) is 19.3 Å². The number of hydrogen-bond acceptors (Lipinski definition) is 2. The number of carboxylic acids is 2. The summed E-state index contributed by atoms with van der Waals surface area (Å²) in [5.41, 5.74) is -0.302. The maximum atomic E-state index is 11.3. The molecule has 4 nitrogen and oxygen atoms in total.